The maximum atomic E-state index is 12.7. The van der Waals surface area contributed by atoms with Crippen LogP contribution in [0.15, 0.2) is 41.4 Å². The van der Waals surface area contributed by atoms with Crippen molar-refractivity contribution in [2.45, 2.75) is 23.8 Å². The topological polar surface area (TPSA) is 133 Å². The minimum Gasteiger partial charge on any atom is -0.324 e. The van der Waals surface area contributed by atoms with Crippen LogP contribution in [0.25, 0.3) is 0 Å². The number of hydrogen-bond donors (Lipinski definition) is 1. The van der Waals surface area contributed by atoms with Crippen molar-refractivity contribution in [3.05, 3.63) is 42.2 Å². The average Bonchev–Trinajstić information content (AvgIpc) is 3.03. The Kier molecular flexibility index (Phi) is 4.87. The number of nitriles is 1. The van der Waals surface area contributed by atoms with Crippen molar-refractivity contribution < 1.29 is 18.0 Å². The Hall–Kier alpha value is -3.32. The van der Waals surface area contributed by atoms with Crippen molar-refractivity contribution in [2.24, 2.45) is 0 Å². The highest BCUT2D eigenvalue weighted by Crippen LogP contribution is 2.25. The number of nitrogens with zero attached hydrogens (tertiary/aromatic N) is 4. The van der Waals surface area contributed by atoms with Crippen LogP contribution < -0.4 is 10.2 Å². The minimum atomic E-state index is -3.42. The summed E-state index contributed by atoms with van der Waals surface area (Å²) < 4.78 is 23.3. The Labute approximate surface area is 155 Å². The lowest BCUT2D eigenvalue weighted by Gasteiger charge is -2.22. The van der Waals surface area contributed by atoms with E-state index in [1.807, 2.05) is 6.07 Å². The second-order valence-electron chi connectivity index (χ2n) is 5.96. The molecule has 2 aromatic rings. The summed E-state index contributed by atoms with van der Waals surface area (Å²) >= 11 is 0. The number of rotatable bonds is 4. The molecule has 0 aliphatic carbocycles. The van der Waals surface area contributed by atoms with E-state index >= 15 is 0 Å². The standard InChI is InChI=1S/C17H15N5O4S/c1-27(25,26)13-4-2-3-11(9-13)20-16(24)14-5-6-15(23)22(14)17-19-8-7-12(10-18)21-17/h2-4,7-9,14H,5-6H2,1H3,(H,20,24). The molecule has 0 spiro atoms. The second-order valence-corrected chi connectivity index (χ2v) is 7.98. The molecule has 9 nitrogen and oxygen atoms in total. The van der Waals surface area contributed by atoms with E-state index in [9.17, 15) is 18.0 Å². The smallest absolute Gasteiger partial charge is 0.247 e. The zero-order valence-corrected chi connectivity index (χ0v) is 15.1. The van der Waals surface area contributed by atoms with Gasteiger partial charge in [0, 0.05) is 24.6 Å². The van der Waals surface area contributed by atoms with Gasteiger partial charge in [0.2, 0.25) is 17.8 Å². The van der Waals surface area contributed by atoms with Gasteiger partial charge in [-0.05, 0) is 30.7 Å². The van der Waals surface area contributed by atoms with Crippen LogP contribution in [0.1, 0.15) is 18.5 Å². The van der Waals surface area contributed by atoms with Gasteiger partial charge in [0.05, 0.1) is 4.90 Å². The SMILES string of the molecule is CS(=O)(=O)c1cccc(NC(=O)C2CCC(=O)N2c2nccc(C#N)n2)c1. The van der Waals surface area contributed by atoms with E-state index in [-0.39, 0.29) is 35.3 Å². The van der Waals surface area contributed by atoms with E-state index in [0.29, 0.717) is 5.69 Å². The van der Waals surface area contributed by atoms with Gasteiger partial charge in [0.15, 0.2) is 9.84 Å². The van der Waals surface area contributed by atoms with Crippen molar-refractivity contribution >= 4 is 33.3 Å². The number of amides is 2. The summed E-state index contributed by atoms with van der Waals surface area (Å²) in [5.74, 6) is -0.825. The molecule has 10 heteroatoms. The first kappa shape index (κ1) is 18.5. The third-order valence-corrected chi connectivity index (χ3v) is 5.13. The molecule has 1 atom stereocenters. The minimum absolute atomic E-state index is 0.0124. The van der Waals surface area contributed by atoms with E-state index in [1.165, 1.54) is 30.5 Å². The summed E-state index contributed by atoms with van der Waals surface area (Å²) in [5.41, 5.74) is 0.383. The third kappa shape index (κ3) is 3.93. The van der Waals surface area contributed by atoms with Crippen molar-refractivity contribution in [3.8, 4) is 6.07 Å². The van der Waals surface area contributed by atoms with Crippen LogP contribution in [0.2, 0.25) is 0 Å². The van der Waals surface area contributed by atoms with E-state index in [4.69, 9.17) is 5.26 Å². The number of carbonyl (C=O) groups excluding carboxylic acids is 2. The van der Waals surface area contributed by atoms with E-state index < -0.39 is 21.8 Å². The summed E-state index contributed by atoms with van der Waals surface area (Å²) in [7, 11) is -3.42. The van der Waals surface area contributed by atoms with Gasteiger partial charge in [-0.1, -0.05) is 6.07 Å². The molecule has 1 aliphatic rings. The van der Waals surface area contributed by atoms with Gasteiger partial charge in [-0.2, -0.15) is 5.26 Å². The fourth-order valence-electron chi connectivity index (χ4n) is 2.74. The highest BCUT2D eigenvalue weighted by atomic mass is 32.2. The van der Waals surface area contributed by atoms with Gasteiger partial charge in [-0.3, -0.25) is 14.5 Å². The van der Waals surface area contributed by atoms with Gasteiger partial charge < -0.3 is 5.32 Å². The van der Waals surface area contributed by atoms with Crippen LogP contribution in [0.4, 0.5) is 11.6 Å². The zero-order valence-electron chi connectivity index (χ0n) is 14.3. The predicted molar refractivity (Wildman–Crippen MR) is 95.4 cm³/mol. The first-order chi connectivity index (χ1) is 12.8. The highest BCUT2D eigenvalue weighted by Gasteiger charge is 2.38. The van der Waals surface area contributed by atoms with Crippen LogP contribution in [0, 0.1) is 11.3 Å². The monoisotopic (exact) mass is 385 g/mol. The molecular formula is C17H15N5O4S. The number of nitrogens with one attached hydrogen (secondary N) is 1. The third-order valence-electron chi connectivity index (χ3n) is 4.02. The number of aromatic nitrogens is 2. The lowest BCUT2D eigenvalue weighted by Crippen LogP contribution is -2.42. The Morgan fingerprint density at radius 1 is 1.37 bits per heavy atom. The van der Waals surface area contributed by atoms with Crippen molar-refractivity contribution in [2.75, 3.05) is 16.5 Å². The molecule has 1 fully saturated rings. The van der Waals surface area contributed by atoms with E-state index in [0.717, 1.165) is 11.2 Å². The second kappa shape index (κ2) is 7.13. The Morgan fingerprint density at radius 2 is 2.15 bits per heavy atom. The molecule has 138 valence electrons. The zero-order chi connectivity index (χ0) is 19.6. The largest absolute Gasteiger partial charge is 0.324 e. The molecular weight excluding hydrogens is 370 g/mol. The van der Waals surface area contributed by atoms with Gasteiger partial charge in [0.1, 0.15) is 17.8 Å². The van der Waals surface area contributed by atoms with Gasteiger partial charge in [-0.25, -0.2) is 18.4 Å². The fourth-order valence-corrected chi connectivity index (χ4v) is 3.41. The van der Waals surface area contributed by atoms with Crippen LogP contribution in [-0.4, -0.2) is 42.5 Å². The number of carbonyl (C=O) groups is 2. The number of hydrogen-bond acceptors (Lipinski definition) is 7. The Morgan fingerprint density at radius 3 is 2.85 bits per heavy atom. The molecule has 1 saturated heterocycles. The van der Waals surface area contributed by atoms with Crippen LogP contribution >= 0.6 is 0 Å². The molecule has 1 aromatic carbocycles. The summed E-state index contributed by atoms with van der Waals surface area (Å²) in [6, 6.07) is 8.26. The Bertz CT molecular complexity index is 1060. The summed E-state index contributed by atoms with van der Waals surface area (Å²) in [6.07, 6.45) is 2.82. The Balaban J connectivity index is 1.85. The average molecular weight is 385 g/mol. The molecule has 1 aliphatic heterocycles. The molecule has 1 unspecified atom stereocenters. The molecule has 0 radical (unpaired) electrons. The van der Waals surface area contributed by atoms with Crippen molar-refractivity contribution in [1.29, 1.82) is 5.26 Å². The van der Waals surface area contributed by atoms with Crippen LogP contribution in [0.3, 0.4) is 0 Å². The quantitative estimate of drug-likeness (QED) is 0.826. The number of benzene rings is 1. The first-order valence-corrected chi connectivity index (χ1v) is 9.85. The van der Waals surface area contributed by atoms with E-state index in [1.54, 1.807) is 6.07 Å². The molecule has 2 amide bonds. The number of sulfone groups is 1. The highest BCUT2D eigenvalue weighted by molar-refractivity contribution is 7.90. The van der Waals surface area contributed by atoms with Gasteiger partial charge >= 0.3 is 0 Å². The van der Waals surface area contributed by atoms with E-state index in [2.05, 4.69) is 15.3 Å². The lowest BCUT2D eigenvalue weighted by molar-refractivity contribution is -0.120. The maximum Gasteiger partial charge on any atom is 0.247 e. The molecule has 1 aromatic heterocycles. The molecule has 2 heterocycles. The molecule has 0 saturated carbocycles. The van der Waals surface area contributed by atoms with Crippen LogP contribution in [0.5, 0.6) is 0 Å². The summed E-state index contributed by atoms with van der Waals surface area (Å²) in [6.45, 7) is 0. The number of anilines is 2. The predicted octanol–water partition coefficient (Wildman–Crippen LogP) is 0.886. The molecule has 0 bridgehead atoms. The molecule has 1 N–H and O–H groups in total. The van der Waals surface area contributed by atoms with Crippen molar-refractivity contribution in [3.63, 3.8) is 0 Å². The summed E-state index contributed by atoms with van der Waals surface area (Å²) in [5, 5.41) is 11.6. The van der Waals surface area contributed by atoms with Crippen molar-refractivity contribution in [1.82, 2.24) is 9.97 Å². The molecule has 3 rings (SSSR count). The van der Waals surface area contributed by atoms with Gasteiger partial charge in [0.25, 0.3) is 0 Å². The summed E-state index contributed by atoms with van der Waals surface area (Å²) in [4.78, 5) is 34.1. The first-order valence-electron chi connectivity index (χ1n) is 7.96. The molecule has 27 heavy (non-hydrogen) atoms. The fraction of sp³-hybridized carbons (Fsp3) is 0.235. The normalized spacial score (nSPS) is 16.8. The van der Waals surface area contributed by atoms with Gasteiger partial charge in [-0.15, -0.1) is 0 Å². The van der Waals surface area contributed by atoms with Crippen LogP contribution in [-0.2, 0) is 19.4 Å². The lowest BCUT2D eigenvalue weighted by atomic mass is 10.2. The maximum absolute atomic E-state index is 12.7.